The number of ether oxygens (including phenoxy) is 2. The third kappa shape index (κ3) is 4.11. The minimum absolute atomic E-state index is 0.219. The third-order valence-corrected chi connectivity index (χ3v) is 4.09. The number of nitrogens with one attached hydrogen (secondary N) is 1. The molecule has 21 heavy (non-hydrogen) atoms. The molecule has 0 spiro atoms. The molecule has 1 aromatic carbocycles. The monoisotopic (exact) mass is 293 g/mol. The summed E-state index contributed by atoms with van der Waals surface area (Å²) in [4.78, 5) is 11.1. The summed E-state index contributed by atoms with van der Waals surface area (Å²) >= 11 is 0. The number of methoxy groups -OCH3 is 2. The molecule has 2 N–H and O–H groups in total. The van der Waals surface area contributed by atoms with E-state index in [1.54, 1.807) is 14.2 Å². The van der Waals surface area contributed by atoms with Crippen LogP contribution in [-0.4, -0.2) is 31.3 Å². The molecule has 5 nitrogen and oxygen atoms in total. The number of carboxylic acids is 1. The van der Waals surface area contributed by atoms with Crippen LogP contribution in [0.5, 0.6) is 11.5 Å². The SMILES string of the molecule is COc1ccc(OC)c(CNC2CCCC(C(=O)O)C2)c1. The van der Waals surface area contributed by atoms with Crippen molar-refractivity contribution in [1.82, 2.24) is 5.32 Å². The minimum Gasteiger partial charge on any atom is -0.497 e. The lowest BCUT2D eigenvalue weighted by Crippen LogP contribution is -2.36. The smallest absolute Gasteiger partial charge is 0.306 e. The summed E-state index contributed by atoms with van der Waals surface area (Å²) in [6, 6.07) is 5.94. The molecule has 0 bridgehead atoms. The quantitative estimate of drug-likeness (QED) is 0.843. The maximum Gasteiger partial charge on any atom is 0.306 e. The van der Waals surface area contributed by atoms with E-state index < -0.39 is 5.97 Å². The largest absolute Gasteiger partial charge is 0.497 e. The number of hydrogen-bond acceptors (Lipinski definition) is 4. The van der Waals surface area contributed by atoms with Crippen LogP contribution < -0.4 is 14.8 Å². The van der Waals surface area contributed by atoms with Gasteiger partial charge >= 0.3 is 5.97 Å². The fourth-order valence-corrected chi connectivity index (χ4v) is 2.87. The van der Waals surface area contributed by atoms with Gasteiger partial charge in [0, 0.05) is 18.2 Å². The highest BCUT2D eigenvalue weighted by Gasteiger charge is 2.26. The van der Waals surface area contributed by atoms with Crippen molar-refractivity contribution in [1.29, 1.82) is 0 Å². The highest BCUT2D eigenvalue weighted by Crippen LogP contribution is 2.27. The van der Waals surface area contributed by atoms with E-state index in [-0.39, 0.29) is 12.0 Å². The second kappa shape index (κ2) is 7.31. The van der Waals surface area contributed by atoms with Crippen molar-refractivity contribution in [2.75, 3.05) is 14.2 Å². The molecule has 1 saturated carbocycles. The molecule has 0 saturated heterocycles. The highest BCUT2D eigenvalue weighted by atomic mass is 16.5. The molecule has 1 aliphatic carbocycles. The summed E-state index contributed by atoms with van der Waals surface area (Å²) < 4.78 is 10.6. The average molecular weight is 293 g/mol. The highest BCUT2D eigenvalue weighted by molar-refractivity contribution is 5.70. The molecule has 0 aliphatic heterocycles. The zero-order chi connectivity index (χ0) is 15.2. The zero-order valence-corrected chi connectivity index (χ0v) is 12.6. The summed E-state index contributed by atoms with van der Waals surface area (Å²) in [5, 5.41) is 12.6. The van der Waals surface area contributed by atoms with Crippen LogP contribution in [0.15, 0.2) is 18.2 Å². The van der Waals surface area contributed by atoms with Crippen LogP contribution in [0.4, 0.5) is 0 Å². The fourth-order valence-electron chi connectivity index (χ4n) is 2.87. The van der Waals surface area contributed by atoms with Gasteiger partial charge in [-0.15, -0.1) is 0 Å². The van der Waals surface area contributed by atoms with Gasteiger partial charge in [0.2, 0.25) is 0 Å². The van der Waals surface area contributed by atoms with Gasteiger partial charge < -0.3 is 19.9 Å². The Morgan fingerprint density at radius 3 is 2.81 bits per heavy atom. The van der Waals surface area contributed by atoms with Crippen molar-refractivity contribution in [2.45, 2.75) is 38.3 Å². The molecule has 2 unspecified atom stereocenters. The number of rotatable bonds is 6. The van der Waals surface area contributed by atoms with Crippen molar-refractivity contribution in [3.63, 3.8) is 0 Å². The van der Waals surface area contributed by atoms with Crippen LogP contribution in [0.2, 0.25) is 0 Å². The standard InChI is InChI=1S/C16H23NO4/c1-20-14-6-7-15(21-2)12(9-14)10-17-13-5-3-4-11(8-13)16(18)19/h6-7,9,11,13,17H,3-5,8,10H2,1-2H3,(H,18,19). The first-order valence-corrected chi connectivity index (χ1v) is 7.31. The minimum atomic E-state index is -0.680. The van der Waals surface area contributed by atoms with E-state index in [4.69, 9.17) is 14.6 Å². The Hall–Kier alpha value is -1.75. The molecule has 0 radical (unpaired) electrons. The van der Waals surface area contributed by atoms with Crippen molar-refractivity contribution in [3.8, 4) is 11.5 Å². The van der Waals surface area contributed by atoms with E-state index in [9.17, 15) is 4.79 Å². The normalized spacial score (nSPS) is 21.8. The van der Waals surface area contributed by atoms with Crippen LogP contribution in [0.25, 0.3) is 0 Å². The topological polar surface area (TPSA) is 67.8 Å². The molecular weight excluding hydrogens is 270 g/mol. The lowest BCUT2D eigenvalue weighted by Gasteiger charge is -2.27. The van der Waals surface area contributed by atoms with E-state index in [1.165, 1.54) is 0 Å². The van der Waals surface area contributed by atoms with E-state index in [1.807, 2.05) is 18.2 Å². The van der Waals surface area contributed by atoms with Gasteiger partial charge in [0.25, 0.3) is 0 Å². The van der Waals surface area contributed by atoms with Gasteiger partial charge in [0.05, 0.1) is 20.1 Å². The number of aliphatic carboxylic acids is 1. The van der Waals surface area contributed by atoms with Crippen molar-refractivity contribution in [2.24, 2.45) is 5.92 Å². The molecule has 1 fully saturated rings. The lowest BCUT2D eigenvalue weighted by atomic mass is 9.86. The first-order valence-electron chi connectivity index (χ1n) is 7.31. The van der Waals surface area contributed by atoms with Crippen molar-refractivity contribution >= 4 is 5.97 Å². The van der Waals surface area contributed by atoms with Gasteiger partial charge in [-0.05, 0) is 37.5 Å². The summed E-state index contributed by atoms with van der Waals surface area (Å²) in [6.45, 7) is 0.650. The Balaban J connectivity index is 1.97. The molecule has 2 rings (SSSR count). The maximum atomic E-state index is 11.1. The Labute approximate surface area is 125 Å². The van der Waals surface area contributed by atoms with E-state index in [2.05, 4.69) is 5.32 Å². The molecule has 5 heteroatoms. The molecular formula is C16H23NO4. The van der Waals surface area contributed by atoms with Gasteiger partial charge in [-0.3, -0.25) is 4.79 Å². The van der Waals surface area contributed by atoms with Crippen LogP contribution in [0.1, 0.15) is 31.2 Å². The summed E-state index contributed by atoms with van der Waals surface area (Å²) in [7, 11) is 3.28. The van der Waals surface area contributed by atoms with Gasteiger partial charge in [-0.25, -0.2) is 0 Å². The molecule has 1 aliphatic rings. The maximum absolute atomic E-state index is 11.1. The van der Waals surface area contributed by atoms with Gasteiger partial charge in [0.15, 0.2) is 0 Å². The first kappa shape index (κ1) is 15.6. The van der Waals surface area contributed by atoms with Crippen LogP contribution >= 0.6 is 0 Å². The first-order chi connectivity index (χ1) is 10.1. The van der Waals surface area contributed by atoms with Crippen molar-refractivity contribution in [3.05, 3.63) is 23.8 Å². The third-order valence-electron chi connectivity index (χ3n) is 4.09. The number of hydrogen-bond donors (Lipinski definition) is 2. The van der Waals surface area contributed by atoms with Gasteiger partial charge in [-0.2, -0.15) is 0 Å². The van der Waals surface area contributed by atoms with Gasteiger partial charge in [0.1, 0.15) is 11.5 Å². The fraction of sp³-hybridized carbons (Fsp3) is 0.562. The Morgan fingerprint density at radius 2 is 2.14 bits per heavy atom. The number of benzene rings is 1. The summed E-state index contributed by atoms with van der Waals surface area (Å²) in [6.07, 6.45) is 3.47. The Kier molecular flexibility index (Phi) is 5.44. The molecule has 116 valence electrons. The van der Waals surface area contributed by atoms with Crippen molar-refractivity contribution < 1.29 is 19.4 Å². The number of carbonyl (C=O) groups is 1. The summed E-state index contributed by atoms with van der Waals surface area (Å²) in [5.41, 5.74) is 1.02. The lowest BCUT2D eigenvalue weighted by molar-refractivity contribution is -0.143. The Morgan fingerprint density at radius 1 is 1.33 bits per heavy atom. The van der Waals surface area contributed by atoms with E-state index in [0.29, 0.717) is 13.0 Å². The van der Waals surface area contributed by atoms with E-state index in [0.717, 1.165) is 36.3 Å². The van der Waals surface area contributed by atoms with Crippen LogP contribution in [-0.2, 0) is 11.3 Å². The summed E-state index contributed by atoms with van der Waals surface area (Å²) in [5.74, 6) is 0.706. The predicted octanol–water partition coefficient (Wildman–Crippen LogP) is 2.44. The molecule has 2 atom stereocenters. The molecule has 1 aromatic rings. The predicted molar refractivity (Wildman–Crippen MR) is 79.8 cm³/mol. The van der Waals surface area contributed by atoms with Gasteiger partial charge in [-0.1, -0.05) is 6.42 Å². The average Bonchev–Trinajstić information content (AvgIpc) is 2.52. The molecule has 0 aromatic heterocycles. The van der Waals surface area contributed by atoms with Crippen LogP contribution in [0.3, 0.4) is 0 Å². The number of carboxylic acid groups (broad SMARTS) is 1. The zero-order valence-electron chi connectivity index (χ0n) is 12.6. The molecule has 0 amide bonds. The second-order valence-electron chi connectivity index (χ2n) is 5.46. The van der Waals surface area contributed by atoms with E-state index >= 15 is 0 Å². The second-order valence-corrected chi connectivity index (χ2v) is 5.46. The Bertz CT molecular complexity index is 489. The van der Waals surface area contributed by atoms with Crippen LogP contribution in [0, 0.1) is 5.92 Å². The molecule has 0 heterocycles.